The van der Waals surface area contributed by atoms with Crippen LogP contribution >= 0.6 is 23.2 Å². The molecule has 7 heteroatoms. The molecule has 0 heterocycles. The maximum Gasteiger partial charge on any atom is 0.255 e. The Labute approximate surface area is 143 Å². The lowest BCUT2D eigenvalue weighted by atomic mass is 10.2. The summed E-state index contributed by atoms with van der Waals surface area (Å²) in [6.45, 7) is -0.209. The van der Waals surface area contributed by atoms with Crippen molar-refractivity contribution in [3.05, 3.63) is 58.1 Å². The maximum absolute atomic E-state index is 12.1. The van der Waals surface area contributed by atoms with Crippen LogP contribution in [0.3, 0.4) is 0 Å². The van der Waals surface area contributed by atoms with Gasteiger partial charge in [-0.25, -0.2) is 0 Å². The third-order valence-electron chi connectivity index (χ3n) is 2.96. The van der Waals surface area contributed by atoms with Gasteiger partial charge in [-0.15, -0.1) is 0 Å². The number of hydrogen-bond donors (Lipinski definition) is 2. The standard InChI is InChI=1S/C16H14Cl2N2O3/c1-23-14-5-3-2-4-11(14)16(22)19-9-15(21)20-13-8-10(17)6-7-12(13)18/h2-8H,9H2,1H3,(H,19,22)(H,20,21). The molecule has 2 amide bonds. The topological polar surface area (TPSA) is 67.4 Å². The summed E-state index contributed by atoms with van der Waals surface area (Å²) in [5.74, 6) is -0.393. The van der Waals surface area contributed by atoms with Gasteiger partial charge in [-0.2, -0.15) is 0 Å². The summed E-state index contributed by atoms with van der Waals surface area (Å²) < 4.78 is 5.10. The minimum absolute atomic E-state index is 0.209. The van der Waals surface area contributed by atoms with Gasteiger partial charge in [0.05, 0.1) is 29.9 Å². The molecule has 120 valence electrons. The maximum atomic E-state index is 12.1. The highest BCUT2D eigenvalue weighted by atomic mass is 35.5. The molecule has 23 heavy (non-hydrogen) atoms. The van der Waals surface area contributed by atoms with Crippen molar-refractivity contribution in [3.8, 4) is 5.75 Å². The highest BCUT2D eigenvalue weighted by Gasteiger charge is 2.13. The predicted molar refractivity (Wildman–Crippen MR) is 90.4 cm³/mol. The van der Waals surface area contributed by atoms with Crippen LogP contribution in [0.15, 0.2) is 42.5 Å². The van der Waals surface area contributed by atoms with E-state index < -0.39 is 11.8 Å². The van der Waals surface area contributed by atoms with Gasteiger partial charge in [0.2, 0.25) is 5.91 Å². The summed E-state index contributed by atoms with van der Waals surface area (Å²) in [5.41, 5.74) is 0.735. The molecule has 2 aromatic carbocycles. The molecule has 0 radical (unpaired) electrons. The van der Waals surface area contributed by atoms with Crippen molar-refractivity contribution >= 4 is 40.7 Å². The van der Waals surface area contributed by atoms with Crippen LogP contribution in [0.1, 0.15) is 10.4 Å². The number of carbonyl (C=O) groups excluding carboxylic acids is 2. The molecule has 2 aromatic rings. The van der Waals surface area contributed by atoms with Gasteiger partial charge in [0.15, 0.2) is 0 Å². The van der Waals surface area contributed by atoms with Crippen molar-refractivity contribution < 1.29 is 14.3 Å². The summed E-state index contributed by atoms with van der Waals surface area (Å²) in [4.78, 5) is 24.0. The Morgan fingerprint density at radius 1 is 1.13 bits per heavy atom. The van der Waals surface area contributed by atoms with Gasteiger partial charge in [0.1, 0.15) is 5.75 Å². The van der Waals surface area contributed by atoms with E-state index in [0.717, 1.165) is 0 Å². The molecule has 2 N–H and O–H groups in total. The van der Waals surface area contributed by atoms with Crippen molar-refractivity contribution in [1.29, 1.82) is 0 Å². The zero-order valence-corrected chi connectivity index (χ0v) is 13.7. The van der Waals surface area contributed by atoms with Crippen LogP contribution in [-0.2, 0) is 4.79 Å². The third-order valence-corrected chi connectivity index (χ3v) is 3.53. The van der Waals surface area contributed by atoms with Crippen LogP contribution < -0.4 is 15.4 Å². The van der Waals surface area contributed by atoms with Gasteiger partial charge < -0.3 is 15.4 Å². The van der Waals surface area contributed by atoms with E-state index in [9.17, 15) is 9.59 Å². The molecule has 2 rings (SSSR count). The SMILES string of the molecule is COc1ccccc1C(=O)NCC(=O)Nc1cc(Cl)ccc1Cl. The average molecular weight is 353 g/mol. The zero-order chi connectivity index (χ0) is 16.8. The Balaban J connectivity index is 1.96. The van der Waals surface area contributed by atoms with Gasteiger partial charge in [0, 0.05) is 5.02 Å². The first-order chi connectivity index (χ1) is 11.0. The lowest BCUT2D eigenvalue weighted by molar-refractivity contribution is -0.115. The van der Waals surface area contributed by atoms with Crippen molar-refractivity contribution in [2.75, 3.05) is 19.0 Å². The monoisotopic (exact) mass is 352 g/mol. The fourth-order valence-electron chi connectivity index (χ4n) is 1.88. The number of para-hydroxylation sites is 1. The van der Waals surface area contributed by atoms with E-state index in [2.05, 4.69) is 10.6 Å². The molecular formula is C16H14Cl2N2O3. The highest BCUT2D eigenvalue weighted by molar-refractivity contribution is 6.35. The normalized spacial score (nSPS) is 10.0. The van der Waals surface area contributed by atoms with Gasteiger partial charge in [-0.3, -0.25) is 9.59 Å². The van der Waals surface area contributed by atoms with E-state index in [0.29, 0.717) is 27.0 Å². The quantitative estimate of drug-likeness (QED) is 0.866. The number of hydrogen-bond acceptors (Lipinski definition) is 3. The molecule has 0 bridgehead atoms. The van der Waals surface area contributed by atoms with Crippen molar-refractivity contribution in [3.63, 3.8) is 0 Å². The van der Waals surface area contributed by atoms with E-state index in [1.807, 2.05) is 0 Å². The number of carbonyl (C=O) groups is 2. The summed E-state index contributed by atoms with van der Waals surface area (Å²) in [6.07, 6.45) is 0. The first-order valence-electron chi connectivity index (χ1n) is 6.67. The molecule has 0 aromatic heterocycles. The molecular weight excluding hydrogens is 339 g/mol. The van der Waals surface area contributed by atoms with Crippen LogP contribution in [0, 0.1) is 0 Å². The second kappa shape index (κ2) is 7.85. The van der Waals surface area contributed by atoms with Crippen molar-refractivity contribution in [1.82, 2.24) is 5.32 Å². The number of nitrogens with one attached hydrogen (secondary N) is 2. The van der Waals surface area contributed by atoms with E-state index >= 15 is 0 Å². The van der Waals surface area contributed by atoms with Crippen LogP contribution in [0.2, 0.25) is 10.0 Å². The summed E-state index contributed by atoms with van der Waals surface area (Å²) in [5, 5.41) is 5.91. The zero-order valence-electron chi connectivity index (χ0n) is 12.2. The van der Waals surface area contributed by atoms with E-state index in [-0.39, 0.29) is 6.54 Å². The van der Waals surface area contributed by atoms with E-state index in [1.165, 1.54) is 13.2 Å². The Kier molecular flexibility index (Phi) is 5.84. The highest BCUT2D eigenvalue weighted by Crippen LogP contribution is 2.25. The second-order valence-electron chi connectivity index (χ2n) is 4.56. The van der Waals surface area contributed by atoms with Gasteiger partial charge in [-0.05, 0) is 30.3 Å². The fourth-order valence-corrected chi connectivity index (χ4v) is 2.21. The molecule has 0 atom stereocenters. The molecule has 0 aliphatic rings. The Morgan fingerprint density at radius 3 is 2.61 bits per heavy atom. The van der Waals surface area contributed by atoms with Crippen LogP contribution in [0.25, 0.3) is 0 Å². The first-order valence-corrected chi connectivity index (χ1v) is 7.43. The third kappa shape index (κ3) is 4.61. The van der Waals surface area contributed by atoms with Gasteiger partial charge >= 0.3 is 0 Å². The van der Waals surface area contributed by atoms with E-state index in [1.54, 1.807) is 36.4 Å². The second-order valence-corrected chi connectivity index (χ2v) is 5.40. The molecule has 5 nitrogen and oxygen atoms in total. The number of benzene rings is 2. The summed E-state index contributed by atoms with van der Waals surface area (Å²) >= 11 is 11.8. The van der Waals surface area contributed by atoms with Crippen LogP contribution in [0.4, 0.5) is 5.69 Å². The Hall–Kier alpha value is -2.24. The number of ether oxygens (including phenoxy) is 1. The molecule has 0 aliphatic heterocycles. The number of rotatable bonds is 5. The Bertz CT molecular complexity index is 735. The van der Waals surface area contributed by atoms with Gasteiger partial charge in [0.25, 0.3) is 5.91 Å². The number of amides is 2. The molecule has 0 spiro atoms. The summed E-state index contributed by atoms with van der Waals surface area (Å²) in [7, 11) is 1.47. The number of halogens is 2. The van der Waals surface area contributed by atoms with Crippen LogP contribution in [0.5, 0.6) is 5.75 Å². The smallest absolute Gasteiger partial charge is 0.255 e. The van der Waals surface area contributed by atoms with Crippen molar-refractivity contribution in [2.24, 2.45) is 0 Å². The minimum Gasteiger partial charge on any atom is -0.496 e. The average Bonchev–Trinajstić information content (AvgIpc) is 2.56. The fraction of sp³-hybridized carbons (Fsp3) is 0.125. The molecule has 0 aliphatic carbocycles. The first kappa shape index (κ1) is 17.1. The molecule has 0 saturated carbocycles. The van der Waals surface area contributed by atoms with E-state index in [4.69, 9.17) is 27.9 Å². The van der Waals surface area contributed by atoms with Crippen molar-refractivity contribution in [2.45, 2.75) is 0 Å². The molecule has 0 saturated heterocycles. The Morgan fingerprint density at radius 2 is 1.87 bits per heavy atom. The largest absolute Gasteiger partial charge is 0.496 e. The summed E-state index contributed by atoms with van der Waals surface area (Å²) in [6, 6.07) is 11.5. The molecule has 0 unspecified atom stereocenters. The van der Waals surface area contributed by atoms with Crippen LogP contribution in [-0.4, -0.2) is 25.5 Å². The number of anilines is 1. The predicted octanol–water partition coefficient (Wildman–Crippen LogP) is 3.37. The lowest BCUT2D eigenvalue weighted by Crippen LogP contribution is -2.33. The number of methoxy groups -OCH3 is 1. The minimum atomic E-state index is -0.419. The molecule has 0 fully saturated rings. The lowest BCUT2D eigenvalue weighted by Gasteiger charge is -2.10. The van der Waals surface area contributed by atoms with Gasteiger partial charge in [-0.1, -0.05) is 35.3 Å².